The SMILES string of the molecule is Cc1cc(-c2c3ccc(C4CCCCC4)cc3cc[n+]2C)c(C)c(C)c1F.Cc1cc(C)c(C)c(-c2c3ccc(C4CCCCC4)cc3cc[n+]2C)c1.Cc1cc2c(cc1-c1c3ccc(C4CCCCC4)cc3cc[n+]1C)C(C)(C)c1ccccc1-2.Cc1cc2ccccc2cc1-c1c2ccc(C3CCCCC3)cc2cc[n+]1C.Cc1ccccc1-c1c2ccc([Si](C)(C)C)cc2cc[n+]1C. The lowest BCUT2D eigenvalue weighted by Gasteiger charge is -2.23. The third-order valence-electron chi connectivity index (χ3n) is 32.2. The molecule has 0 saturated heterocycles. The molecule has 5 aromatic heterocycles. The van der Waals surface area contributed by atoms with E-state index < -0.39 is 8.07 Å². The smallest absolute Gasteiger partial charge is 0.206 e. The number of pyridine rings is 5. The van der Waals surface area contributed by atoms with Crippen molar-refractivity contribution in [3.05, 3.63) is 357 Å². The van der Waals surface area contributed by atoms with E-state index in [2.05, 4.69) is 395 Å². The van der Waals surface area contributed by atoms with Gasteiger partial charge in [0.2, 0.25) is 28.5 Å². The molecule has 17 aromatic rings. The lowest BCUT2D eigenvalue weighted by molar-refractivity contribution is -0.659. The third kappa shape index (κ3) is 19.2. The molecule has 0 radical (unpaired) electrons. The molecule has 22 rings (SSSR count). The van der Waals surface area contributed by atoms with Crippen LogP contribution in [0.5, 0.6) is 0 Å². The molecule has 5 heterocycles. The predicted molar refractivity (Wildman–Crippen MR) is 577 cm³/mol. The maximum atomic E-state index is 14.4. The molecule has 136 heavy (non-hydrogen) atoms. The quantitative estimate of drug-likeness (QED) is 0.0960. The van der Waals surface area contributed by atoms with Gasteiger partial charge in [-0.25, -0.2) is 27.2 Å². The molecule has 7 heteroatoms. The van der Waals surface area contributed by atoms with Crippen LogP contribution in [0.3, 0.4) is 0 Å². The number of fused-ring (bicyclic) bond motifs is 9. The Balaban J connectivity index is 0.000000114. The minimum absolute atomic E-state index is 0.0195. The average Bonchev–Trinajstić information content (AvgIpc) is 1.58. The maximum Gasteiger partial charge on any atom is 0.220 e. The highest BCUT2D eigenvalue weighted by Crippen LogP contribution is 2.52. The van der Waals surface area contributed by atoms with Crippen LogP contribution < -0.4 is 28.0 Å². The number of halogens is 1. The summed E-state index contributed by atoms with van der Waals surface area (Å²) in [5.74, 6) is 2.87. The van der Waals surface area contributed by atoms with Gasteiger partial charge in [0.15, 0.2) is 31.0 Å². The van der Waals surface area contributed by atoms with Crippen LogP contribution in [-0.2, 0) is 40.7 Å². The molecule has 0 bridgehead atoms. The van der Waals surface area contributed by atoms with Gasteiger partial charge in [0.25, 0.3) is 0 Å². The number of benzene rings is 12. The first-order valence-electron chi connectivity index (χ1n) is 51.3. The van der Waals surface area contributed by atoms with Gasteiger partial charge >= 0.3 is 0 Å². The maximum absolute atomic E-state index is 14.4. The highest BCUT2D eigenvalue weighted by atomic mass is 28.3. The molecule has 0 amide bonds. The van der Waals surface area contributed by atoms with Gasteiger partial charge in [-0.15, -0.1) is 0 Å². The summed E-state index contributed by atoms with van der Waals surface area (Å²) < 4.78 is 25.6. The molecule has 0 aliphatic heterocycles. The highest BCUT2D eigenvalue weighted by molar-refractivity contribution is 6.88. The van der Waals surface area contributed by atoms with Crippen molar-refractivity contribution < 1.29 is 27.2 Å². The van der Waals surface area contributed by atoms with Gasteiger partial charge in [-0.3, -0.25) is 0 Å². The first-order valence-corrected chi connectivity index (χ1v) is 54.8. The Bertz CT molecular complexity index is 7400. The molecular weight excluding hydrogens is 1670 g/mol. The minimum atomic E-state index is -1.28. The number of rotatable bonds is 10. The van der Waals surface area contributed by atoms with Crippen LogP contribution in [-0.4, -0.2) is 8.07 Å². The summed E-state index contributed by atoms with van der Waals surface area (Å²) in [6.07, 6.45) is 38.3. The third-order valence-corrected chi connectivity index (χ3v) is 34.3. The Morgan fingerprint density at radius 2 is 0.603 bits per heavy atom. The van der Waals surface area contributed by atoms with Crippen LogP contribution in [0.25, 0.3) is 132 Å². The van der Waals surface area contributed by atoms with Gasteiger partial charge in [0, 0.05) is 41.3 Å². The monoisotopic (exact) mass is 1810 g/mol. The van der Waals surface area contributed by atoms with Crippen molar-refractivity contribution >= 4 is 77.9 Å². The van der Waals surface area contributed by atoms with E-state index in [4.69, 9.17) is 0 Å². The van der Waals surface area contributed by atoms with E-state index in [1.165, 1.54) is 327 Å². The topological polar surface area (TPSA) is 19.4 Å². The Morgan fingerprint density at radius 3 is 1.03 bits per heavy atom. The standard InChI is InChI=1S/C32H34N.C27H28N.C25H29FN.C25H30N.C20H24NSi/c1-21-18-28-26-12-8-9-13-29(26)32(2,3)30(28)20-27(21)31-25-15-14-23(22-10-6-5-7-11-22)19-24(25)16-17-33(31)4;1-19-16-21-10-6-7-11-22(21)18-26(19)27-25-13-12-23(20-8-4-3-5-9-20)17-24(25)14-15-28(27)2;1-16-14-23(17(2)18(3)24(16)26)25-22-11-10-20(19-8-6-5-7-9-19)15-21(22)12-13-27(25)4;1-17-14-18(2)19(3)24(15-17)25-23-11-10-21(20-8-6-5-7-9-20)16-22(23)12-13-26(25)4;1-15-8-6-7-9-18(15)20-19-11-10-17(22(3,4)5)14-16(19)12-13-21(20)2/h8-9,12-20,22H,5-7,10-11H2,1-4H3;6-7,10-18,20H,3-5,8-9H2,1-2H3;10-15,19H,5-9H2,1-4H3;10-16,20H,5-9H2,1-4H3;6-14H,1-5H3/q5*+1. The van der Waals surface area contributed by atoms with Crippen LogP contribution in [0, 0.1) is 68.1 Å². The number of nitrogens with zero attached hydrogens (tertiary/aromatic N) is 5. The summed E-state index contributed by atoms with van der Waals surface area (Å²) in [4.78, 5) is 0. The fraction of sp³-hybridized carbons (Fsp3) is 0.341. The van der Waals surface area contributed by atoms with E-state index >= 15 is 0 Å². The van der Waals surface area contributed by atoms with Crippen LogP contribution in [0.2, 0.25) is 19.6 Å². The van der Waals surface area contributed by atoms with E-state index in [1.807, 2.05) is 26.8 Å². The van der Waals surface area contributed by atoms with E-state index in [0.717, 1.165) is 34.4 Å². The largest absolute Gasteiger partial charge is 0.220 e. The second-order valence-electron chi connectivity index (χ2n) is 42.9. The fourth-order valence-corrected chi connectivity index (χ4v) is 25.2. The summed E-state index contributed by atoms with van der Waals surface area (Å²) in [6, 6.07) is 89.4. The molecule has 5 aliphatic carbocycles. The summed E-state index contributed by atoms with van der Waals surface area (Å²) >= 11 is 0. The van der Waals surface area contributed by atoms with Crippen molar-refractivity contribution in [2.45, 2.75) is 253 Å². The second kappa shape index (κ2) is 40.0. The van der Waals surface area contributed by atoms with Crippen molar-refractivity contribution in [1.29, 1.82) is 0 Å². The Hall–Kier alpha value is -11.9. The van der Waals surface area contributed by atoms with Crippen molar-refractivity contribution in [3.8, 4) is 67.4 Å². The summed E-state index contributed by atoms with van der Waals surface area (Å²) in [7, 11) is 9.46. The Labute approximate surface area is 812 Å². The molecule has 5 nitrogen and oxygen atoms in total. The van der Waals surface area contributed by atoms with Crippen molar-refractivity contribution in [1.82, 2.24) is 0 Å². The average molecular weight is 1810 g/mol. The predicted octanol–water partition coefficient (Wildman–Crippen LogP) is 31.8. The van der Waals surface area contributed by atoms with E-state index in [0.29, 0.717) is 11.5 Å². The lowest BCUT2D eigenvalue weighted by atomic mass is 9.81. The zero-order valence-electron chi connectivity index (χ0n) is 85.0. The summed E-state index contributed by atoms with van der Waals surface area (Å²) in [5, 5.41) is 17.5. The van der Waals surface area contributed by atoms with Crippen LogP contribution >= 0.6 is 0 Å². The van der Waals surface area contributed by atoms with Crippen molar-refractivity contribution in [3.63, 3.8) is 0 Å². The molecule has 12 aromatic carbocycles. The van der Waals surface area contributed by atoms with Crippen molar-refractivity contribution in [2.75, 3.05) is 0 Å². The van der Waals surface area contributed by atoms with Gasteiger partial charge in [0.05, 0.1) is 57.3 Å². The van der Waals surface area contributed by atoms with Crippen LogP contribution in [0.4, 0.5) is 4.39 Å². The van der Waals surface area contributed by atoms with E-state index in [1.54, 1.807) is 0 Å². The number of aromatic nitrogens is 5. The molecular formula is C129H145FN5Si+5. The first-order chi connectivity index (χ1) is 65.5. The molecule has 0 unspecified atom stereocenters. The molecule has 0 N–H and O–H groups in total. The van der Waals surface area contributed by atoms with E-state index in [-0.39, 0.29) is 11.2 Å². The fourth-order valence-electron chi connectivity index (χ4n) is 24.0. The zero-order valence-corrected chi connectivity index (χ0v) is 86.0. The van der Waals surface area contributed by atoms with Crippen LogP contribution in [0.15, 0.2) is 268 Å². The van der Waals surface area contributed by atoms with Gasteiger partial charge < -0.3 is 0 Å². The van der Waals surface area contributed by atoms with E-state index in [9.17, 15) is 4.39 Å². The van der Waals surface area contributed by atoms with Gasteiger partial charge in [-0.05, 0) is 325 Å². The van der Waals surface area contributed by atoms with Gasteiger partial charge in [-0.2, -0.15) is 0 Å². The Morgan fingerprint density at radius 1 is 0.257 bits per heavy atom. The number of hydrogen-bond acceptors (Lipinski definition) is 0. The molecule has 692 valence electrons. The molecule has 0 atom stereocenters. The van der Waals surface area contributed by atoms with Crippen LogP contribution in [0.1, 0.15) is 249 Å². The minimum Gasteiger partial charge on any atom is -0.206 e. The summed E-state index contributed by atoms with van der Waals surface area (Å²) in [5.41, 5.74) is 35.3. The van der Waals surface area contributed by atoms with Crippen molar-refractivity contribution in [2.24, 2.45) is 35.2 Å². The number of aryl methyl sites for hydroxylation is 11. The normalized spacial score (nSPS) is 15.3. The zero-order chi connectivity index (χ0) is 95.1. The Kier molecular flexibility index (Phi) is 27.8. The second-order valence-corrected chi connectivity index (χ2v) is 48.0. The molecule has 4 saturated carbocycles. The summed E-state index contributed by atoms with van der Waals surface area (Å²) in [6.45, 7) is 31.1. The van der Waals surface area contributed by atoms with Gasteiger partial charge in [-0.1, -0.05) is 267 Å². The lowest BCUT2D eigenvalue weighted by Crippen LogP contribution is -2.37. The molecule has 5 aliphatic rings. The molecule has 4 fully saturated rings. The number of hydrogen-bond donors (Lipinski definition) is 0. The highest BCUT2D eigenvalue weighted by Gasteiger charge is 2.38. The first kappa shape index (κ1) is 94.5. The van der Waals surface area contributed by atoms with Gasteiger partial charge in [0.1, 0.15) is 41.1 Å². The molecule has 0 spiro atoms.